The van der Waals surface area contributed by atoms with Crippen LogP contribution < -0.4 is 0 Å². The van der Waals surface area contributed by atoms with Crippen LogP contribution in [0.5, 0.6) is 0 Å². The van der Waals surface area contributed by atoms with Crippen molar-refractivity contribution in [3.05, 3.63) is 24.2 Å². The zero-order valence-electron chi connectivity index (χ0n) is 8.40. The van der Waals surface area contributed by atoms with E-state index in [1.807, 2.05) is 0 Å². The highest BCUT2D eigenvalue weighted by Crippen LogP contribution is 2.20. The monoisotopic (exact) mass is 193 g/mol. The smallest absolute Gasteiger partial charge is 0.169 e. The molecule has 0 aromatic carbocycles. The predicted molar refractivity (Wildman–Crippen MR) is 53.3 cm³/mol. The molecule has 0 bridgehead atoms. The molecule has 1 fully saturated rings. The zero-order valence-corrected chi connectivity index (χ0v) is 8.40. The fourth-order valence-electron chi connectivity index (χ4n) is 1.91. The normalized spacial score (nSPS) is 19.8. The van der Waals surface area contributed by atoms with E-state index >= 15 is 0 Å². The lowest BCUT2D eigenvalue weighted by Gasteiger charge is -2.27. The molecule has 0 radical (unpaired) electrons. The minimum absolute atomic E-state index is 0.198. The van der Waals surface area contributed by atoms with Crippen LogP contribution in [0.1, 0.15) is 23.2 Å². The lowest BCUT2D eigenvalue weighted by molar-refractivity contribution is 0.0856. The molecule has 0 aliphatic carbocycles. The van der Waals surface area contributed by atoms with Crippen molar-refractivity contribution >= 4 is 5.78 Å². The van der Waals surface area contributed by atoms with Crippen LogP contribution in [0.4, 0.5) is 0 Å². The summed E-state index contributed by atoms with van der Waals surface area (Å²) in [5.74, 6) is 0.440. The minimum atomic E-state index is 0.198. The number of likely N-dealkylation sites (tertiary alicyclic amines) is 1. The van der Waals surface area contributed by atoms with Crippen molar-refractivity contribution in [3.8, 4) is 0 Å². The van der Waals surface area contributed by atoms with E-state index in [0.717, 1.165) is 31.5 Å². The van der Waals surface area contributed by atoms with Gasteiger partial charge < -0.3 is 9.32 Å². The van der Waals surface area contributed by atoms with Gasteiger partial charge in [-0.1, -0.05) is 0 Å². The molecule has 2 heterocycles. The molecule has 1 aliphatic heterocycles. The number of nitrogens with zero attached hydrogens (tertiary/aromatic N) is 1. The van der Waals surface area contributed by atoms with Crippen LogP contribution >= 0.6 is 0 Å². The van der Waals surface area contributed by atoms with Crippen LogP contribution in [0, 0.1) is 5.92 Å². The number of Topliss-reactive ketones (excluding diaryl/α,β-unsaturated/α-hetero) is 1. The van der Waals surface area contributed by atoms with Gasteiger partial charge in [0.25, 0.3) is 0 Å². The SMILES string of the molecule is CN1CCC(C(=O)c2ccoc2)CC1. The van der Waals surface area contributed by atoms with E-state index in [0.29, 0.717) is 0 Å². The summed E-state index contributed by atoms with van der Waals surface area (Å²) in [4.78, 5) is 14.2. The van der Waals surface area contributed by atoms with E-state index < -0.39 is 0 Å². The fraction of sp³-hybridized carbons (Fsp3) is 0.545. The third-order valence-corrected chi connectivity index (χ3v) is 2.90. The zero-order chi connectivity index (χ0) is 9.97. The minimum Gasteiger partial charge on any atom is -0.472 e. The standard InChI is InChI=1S/C11H15NO2/c1-12-5-2-9(3-6-12)11(13)10-4-7-14-8-10/h4,7-9H,2-3,5-6H2,1H3. The number of carbonyl (C=O) groups is 1. The molecule has 3 heteroatoms. The Labute approximate surface area is 83.7 Å². The van der Waals surface area contributed by atoms with E-state index in [1.54, 1.807) is 18.6 Å². The number of furan rings is 1. The summed E-state index contributed by atoms with van der Waals surface area (Å²) < 4.78 is 4.92. The number of hydrogen-bond donors (Lipinski definition) is 0. The molecule has 0 unspecified atom stereocenters. The van der Waals surface area contributed by atoms with Crippen molar-refractivity contribution in [2.75, 3.05) is 20.1 Å². The fourth-order valence-corrected chi connectivity index (χ4v) is 1.91. The molecule has 0 saturated carbocycles. The Morgan fingerprint density at radius 2 is 2.21 bits per heavy atom. The first kappa shape index (κ1) is 9.46. The Hall–Kier alpha value is -1.09. The average Bonchev–Trinajstić information content (AvgIpc) is 2.71. The highest BCUT2D eigenvalue weighted by atomic mass is 16.3. The van der Waals surface area contributed by atoms with Gasteiger partial charge in [-0.05, 0) is 39.0 Å². The molecule has 3 nitrogen and oxygen atoms in total. The molecule has 0 N–H and O–H groups in total. The van der Waals surface area contributed by atoms with Crippen LogP contribution in [-0.4, -0.2) is 30.8 Å². The number of hydrogen-bond acceptors (Lipinski definition) is 3. The summed E-state index contributed by atoms with van der Waals surface area (Å²) in [6.45, 7) is 2.04. The van der Waals surface area contributed by atoms with E-state index in [9.17, 15) is 4.79 Å². The van der Waals surface area contributed by atoms with Gasteiger partial charge in [-0.2, -0.15) is 0 Å². The Morgan fingerprint density at radius 3 is 2.79 bits per heavy atom. The predicted octanol–water partition coefficient (Wildman–Crippen LogP) is 1.80. The van der Waals surface area contributed by atoms with Crippen LogP contribution in [0.15, 0.2) is 23.0 Å². The topological polar surface area (TPSA) is 33.5 Å². The average molecular weight is 193 g/mol. The van der Waals surface area contributed by atoms with Gasteiger partial charge >= 0.3 is 0 Å². The van der Waals surface area contributed by atoms with Gasteiger partial charge in [-0.3, -0.25) is 4.79 Å². The molecule has 1 aromatic rings. The highest BCUT2D eigenvalue weighted by Gasteiger charge is 2.24. The van der Waals surface area contributed by atoms with Crippen molar-refractivity contribution in [1.82, 2.24) is 4.90 Å². The third kappa shape index (κ3) is 1.87. The second-order valence-corrected chi connectivity index (χ2v) is 3.95. The first-order valence-electron chi connectivity index (χ1n) is 5.02. The molecule has 2 rings (SSSR count). The first-order chi connectivity index (χ1) is 6.77. The van der Waals surface area contributed by atoms with Crippen molar-refractivity contribution < 1.29 is 9.21 Å². The Kier molecular flexibility index (Phi) is 2.68. The number of rotatable bonds is 2. The molecular formula is C11H15NO2. The summed E-state index contributed by atoms with van der Waals surface area (Å²) in [7, 11) is 2.10. The second-order valence-electron chi connectivity index (χ2n) is 3.95. The van der Waals surface area contributed by atoms with Gasteiger partial charge in [0.2, 0.25) is 0 Å². The van der Waals surface area contributed by atoms with Crippen molar-refractivity contribution in [2.24, 2.45) is 5.92 Å². The second kappa shape index (κ2) is 3.96. The van der Waals surface area contributed by atoms with E-state index in [2.05, 4.69) is 11.9 Å². The molecule has 76 valence electrons. The van der Waals surface area contributed by atoms with Gasteiger partial charge in [-0.15, -0.1) is 0 Å². The maximum atomic E-state index is 11.9. The maximum Gasteiger partial charge on any atom is 0.169 e. The summed E-state index contributed by atoms with van der Waals surface area (Å²) in [5, 5.41) is 0. The highest BCUT2D eigenvalue weighted by molar-refractivity contribution is 5.97. The summed E-state index contributed by atoms with van der Waals surface area (Å²) >= 11 is 0. The molecule has 1 saturated heterocycles. The molecular weight excluding hydrogens is 178 g/mol. The third-order valence-electron chi connectivity index (χ3n) is 2.90. The van der Waals surface area contributed by atoms with E-state index in [4.69, 9.17) is 4.42 Å². The number of piperidine rings is 1. The Bertz CT molecular complexity index is 297. The van der Waals surface area contributed by atoms with Gasteiger partial charge in [0.1, 0.15) is 6.26 Å². The first-order valence-corrected chi connectivity index (χ1v) is 5.02. The van der Waals surface area contributed by atoms with E-state index in [-0.39, 0.29) is 11.7 Å². The Balaban J connectivity index is 1.99. The number of ketones is 1. The van der Waals surface area contributed by atoms with Crippen LogP contribution in [0.25, 0.3) is 0 Å². The lowest BCUT2D eigenvalue weighted by atomic mass is 9.90. The Morgan fingerprint density at radius 1 is 1.50 bits per heavy atom. The molecule has 14 heavy (non-hydrogen) atoms. The van der Waals surface area contributed by atoms with Gasteiger partial charge in [-0.25, -0.2) is 0 Å². The molecule has 1 aromatic heterocycles. The largest absolute Gasteiger partial charge is 0.472 e. The molecule has 1 aliphatic rings. The van der Waals surface area contributed by atoms with Gasteiger partial charge in [0.15, 0.2) is 5.78 Å². The summed E-state index contributed by atoms with van der Waals surface area (Å²) in [6, 6.07) is 1.75. The van der Waals surface area contributed by atoms with E-state index in [1.165, 1.54) is 0 Å². The van der Waals surface area contributed by atoms with Crippen LogP contribution in [-0.2, 0) is 0 Å². The summed E-state index contributed by atoms with van der Waals surface area (Å²) in [5.41, 5.74) is 0.722. The number of carbonyl (C=O) groups excluding carboxylic acids is 1. The summed E-state index contributed by atoms with van der Waals surface area (Å²) in [6.07, 6.45) is 5.05. The van der Waals surface area contributed by atoms with Crippen molar-refractivity contribution in [1.29, 1.82) is 0 Å². The molecule has 0 atom stereocenters. The molecule has 0 amide bonds. The maximum absolute atomic E-state index is 11.9. The van der Waals surface area contributed by atoms with Crippen molar-refractivity contribution in [2.45, 2.75) is 12.8 Å². The van der Waals surface area contributed by atoms with Gasteiger partial charge in [0, 0.05) is 5.92 Å². The van der Waals surface area contributed by atoms with Gasteiger partial charge in [0.05, 0.1) is 11.8 Å². The molecule has 0 spiro atoms. The van der Waals surface area contributed by atoms with Crippen LogP contribution in [0.2, 0.25) is 0 Å². The quantitative estimate of drug-likeness (QED) is 0.671. The lowest BCUT2D eigenvalue weighted by Crippen LogP contribution is -2.33. The van der Waals surface area contributed by atoms with Crippen LogP contribution in [0.3, 0.4) is 0 Å². The van der Waals surface area contributed by atoms with Crippen molar-refractivity contribution in [3.63, 3.8) is 0 Å².